The van der Waals surface area contributed by atoms with E-state index in [4.69, 9.17) is 9.15 Å². The summed E-state index contributed by atoms with van der Waals surface area (Å²) in [4.78, 5) is 25.2. The van der Waals surface area contributed by atoms with Gasteiger partial charge in [0.2, 0.25) is 17.7 Å². The molecule has 28 heavy (non-hydrogen) atoms. The second-order valence-electron chi connectivity index (χ2n) is 6.58. The summed E-state index contributed by atoms with van der Waals surface area (Å²) in [5.74, 6) is 0.0926. The van der Waals surface area contributed by atoms with Crippen LogP contribution >= 0.6 is 0 Å². The SMILES string of the molecule is CCOC(=O)CNC(=O)CN1CCC(c2nnc(-c3ccc(F)cc3)o2)CC1. The Morgan fingerprint density at radius 2 is 1.96 bits per heavy atom. The standard InChI is InChI=1S/C19H23FN4O4/c1-2-27-17(26)11-21-16(25)12-24-9-7-14(8-10-24)19-23-22-18(28-19)13-3-5-15(20)6-4-13/h3-6,14H,2,7-12H2,1H3,(H,21,25). The Labute approximate surface area is 162 Å². The normalized spacial score (nSPS) is 15.4. The smallest absolute Gasteiger partial charge is 0.325 e. The molecular formula is C19H23FN4O4. The number of carbonyl (C=O) groups is 2. The fourth-order valence-corrected chi connectivity index (χ4v) is 3.09. The van der Waals surface area contributed by atoms with Crippen LogP contribution in [0.2, 0.25) is 0 Å². The number of nitrogens with one attached hydrogen (secondary N) is 1. The molecule has 0 spiro atoms. The molecule has 0 aliphatic carbocycles. The molecular weight excluding hydrogens is 367 g/mol. The lowest BCUT2D eigenvalue weighted by molar-refractivity contribution is -0.143. The van der Waals surface area contributed by atoms with Crippen molar-refractivity contribution in [1.29, 1.82) is 0 Å². The number of rotatable bonds is 7. The summed E-state index contributed by atoms with van der Waals surface area (Å²) >= 11 is 0. The first-order valence-electron chi connectivity index (χ1n) is 9.29. The van der Waals surface area contributed by atoms with E-state index in [-0.39, 0.29) is 30.7 Å². The molecule has 0 bridgehead atoms. The highest BCUT2D eigenvalue weighted by molar-refractivity contribution is 5.83. The second kappa shape index (κ2) is 9.41. The quantitative estimate of drug-likeness (QED) is 0.719. The fourth-order valence-electron chi connectivity index (χ4n) is 3.09. The van der Waals surface area contributed by atoms with Crippen molar-refractivity contribution in [2.45, 2.75) is 25.7 Å². The number of piperidine rings is 1. The van der Waals surface area contributed by atoms with Gasteiger partial charge in [0.05, 0.1) is 13.2 Å². The first-order chi connectivity index (χ1) is 13.5. The Balaban J connectivity index is 1.46. The van der Waals surface area contributed by atoms with Crippen LogP contribution in [-0.2, 0) is 14.3 Å². The van der Waals surface area contributed by atoms with Crippen LogP contribution in [0.1, 0.15) is 31.6 Å². The number of amides is 1. The van der Waals surface area contributed by atoms with Gasteiger partial charge < -0.3 is 14.5 Å². The Morgan fingerprint density at radius 3 is 2.64 bits per heavy atom. The van der Waals surface area contributed by atoms with E-state index in [1.807, 2.05) is 4.90 Å². The predicted molar refractivity (Wildman–Crippen MR) is 97.7 cm³/mol. The molecule has 0 atom stereocenters. The van der Waals surface area contributed by atoms with E-state index in [0.717, 1.165) is 12.8 Å². The van der Waals surface area contributed by atoms with E-state index in [2.05, 4.69) is 15.5 Å². The number of aromatic nitrogens is 2. The molecule has 8 nitrogen and oxygen atoms in total. The molecule has 2 heterocycles. The monoisotopic (exact) mass is 390 g/mol. The summed E-state index contributed by atoms with van der Waals surface area (Å²) < 4.78 is 23.6. The summed E-state index contributed by atoms with van der Waals surface area (Å²) in [7, 11) is 0. The first kappa shape index (κ1) is 19.9. The van der Waals surface area contributed by atoms with Gasteiger partial charge in [-0.25, -0.2) is 4.39 Å². The zero-order chi connectivity index (χ0) is 19.9. The first-order valence-corrected chi connectivity index (χ1v) is 9.29. The number of benzene rings is 1. The molecule has 1 N–H and O–H groups in total. The number of ether oxygens (including phenoxy) is 1. The minimum atomic E-state index is -0.442. The van der Waals surface area contributed by atoms with E-state index in [1.54, 1.807) is 19.1 Å². The molecule has 1 fully saturated rings. The molecule has 9 heteroatoms. The summed E-state index contributed by atoms with van der Waals surface area (Å²) in [6, 6.07) is 5.91. The molecule has 0 unspecified atom stereocenters. The molecule has 1 amide bonds. The van der Waals surface area contributed by atoms with Crippen molar-refractivity contribution in [3.05, 3.63) is 36.0 Å². The summed E-state index contributed by atoms with van der Waals surface area (Å²) in [6.07, 6.45) is 1.58. The summed E-state index contributed by atoms with van der Waals surface area (Å²) in [5.41, 5.74) is 0.677. The molecule has 1 aromatic carbocycles. The highest BCUT2D eigenvalue weighted by atomic mass is 19.1. The minimum absolute atomic E-state index is 0.114. The number of esters is 1. The lowest BCUT2D eigenvalue weighted by atomic mass is 9.97. The Morgan fingerprint density at radius 1 is 1.25 bits per heavy atom. The van der Waals surface area contributed by atoms with Gasteiger partial charge in [-0.05, 0) is 57.1 Å². The molecule has 0 saturated carbocycles. The van der Waals surface area contributed by atoms with Crippen molar-refractivity contribution < 1.29 is 23.1 Å². The van der Waals surface area contributed by atoms with Gasteiger partial charge in [-0.2, -0.15) is 0 Å². The molecule has 3 rings (SSSR count). The zero-order valence-corrected chi connectivity index (χ0v) is 15.7. The lowest BCUT2D eigenvalue weighted by Gasteiger charge is -2.29. The molecule has 1 aliphatic rings. The number of hydrogen-bond donors (Lipinski definition) is 1. The largest absolute Gasteiger partial charge is 0.465 e. The third kappa shape index (κ3) is 5.35. The molecule has 1 saturated heterocycles. The van der Waals surface area contributed by atoms with E-state index >= 15 is 0 Å². The number of halogens is 1. The third-order valence-electron chi connectivity index (χ3n) is 4.57. The van der Waals surface area contributed by atoms with Gasteiger partial charge in [-0.1, -0.05) is 0 Å². The van der Waals surface area contributed by atoms with Crippen LogP contribution in [0, 0.1) is 5.82 Å². The van der Waals surface area contributed by atoms with E-state index in [0.29, 0.717) is 37.0 Å². The third-order valence-corrected chi connectivity index (χ3v) is 4.57. The van der Waals surface area contributed by atoms with Gasteiger partial charge in [0.1, 0.15) is 12.4 Å². The van der Waals surface area contributed by atoms with Crippen molar-refractivity contribution in [3.63, 3.8) is 0 Å². The maximum atomic E-state index is 13.0. The number of nitrogens with zero attached hydrogens (tertiary/aromatic N) is 3. The van der Waals surface area contributed by atoms with Gasteiger partial charge in [-0.3, -0.25) is 14.5 Å². The number of carbonyl (C=O) groups excluding carboxylic acids is 2. The van der Waals surface area contributed by atoms with Gasteiger partial charge >= 0.3 is 5.97 Å². The Hall–Kier alpha value is -2.81. The molecule has 0 radical (unpaired) electrons. The topological polar surface area (TPSA) is 97.6 Å². The van der Waals surface area contributed by atoms with Crippen LogP contribution in [0.5, 0.6) is 0 Å². The van der Waals surface area contributed by atoms with Gasteiger partial charge in [0.25, 0.3) is 0 Å². The average molecular weight is 390 g/mol. The predicted octanol–water partition coefficient (Wildman–Crippen LogP) is 1.73. The van der Waals surface area contributed by atoms with Crippen molar-refractivity contribution in [2.24, 2.45) is 0 Å². The fraction of sp³-hybridized carbons (Fsp3) is 0.474. The van der Waals surface area contributed by atoms with Crippen LogP contribution in [-0.4, -0.2) is 59.8 Å². The average Bonchev–Trinajstić information content (AvgIpc) is 3.18. The van der Waals surface area contributed by atoms with Crippen LogP contribution < -0.4 is 5.32 Å². The van der Waals surface area contributed by atoms with Crippen LogP contribution in [0.25, 0.3) is 11.5 Å². The molecule has 150 valence electrons. The maximum Gasteiger partial charge on any atom is 0.325 e. The van der Waals surface area contributed by atoms with E-state index in [9.17, 15) is 14.0 Å². The zero-order valence-electron chi connectivity index (χ0n) is 15.7. The van der Waals surface area contributed by atoms with Gasteiger partial charge in [-0.15, -0.1) is 10.2 Å². The lowest BCUT2D eigenvalue weighted by Crippen LogP contribution is -2.42. The summed E-state index contributed by atoms with van der Waals surface area (Å²) in [5, 5.41) is 10.7. The highest BCUT2D eigenvalue weighted by Crippen LogP contribution is 2.29. The van der Waals surface area contributed by atoms with Crippen molar-refractivity contribution >= 4 is 11.9 Å². The highest BCUT2D eigenvalue weighted by Gasteiger charge is 2.26. The second-order valence-corrected chi connectivity index (χ2v) is 6.58. The van der Waals surface area contributed by atoms with Crippen molar-refractivity contribution in [2.75, 3.05) is 32.8 Å². The molecule has 1 aromatic heterocycles. The Kier molecular flexibility index (Phi) is 6.70. The van der Waals surface area contributed by atoms with Crippen LogP contribution in [0.3, 0.4) is 0 Å². The van der Waals surface area contributed by atoms with E-state index < -0.39 is 5.97 Å². The van der Waals surface area contributed by atoms with Crippen molar-refractivity contribution in [3.8, 4) is 11.5 Å². The van der Waals surface area contributed by atoms with Crippen LogP contribution in [0.4, 0.5) is 4.39 Å². The van der Waals surface area contributed by atoms with Gasteiger partial charge in [0.15, 0.2) is 0 Å². The Bertz CT molecular complexity index is 801. The maximum absolute atomic E-state index is 13.0. The van der Waals surface area contributed by atoms with Gasteiger partial charge in [0, 0.05) is 11.5 Å². The van der Waals surface area contributed by atoms with E-state index in [1.165, 1.54) is 12.1 Å². The summed E-state index contributed by atoms with van der Waals surface area (Å²) in [6.45, 7) is 3.56. The molecule has 1 aliphatic heterocycles. The van der Waals surface area contributed by atoms with Crippen molar-refractivity contribution in [1.82, 2.24) is 20.4 Å². The van der Waals surface area contributed by atoms with Crippen LogP contribution in [0.15, 0.2) is 28.7 Å². The minimum Gasteiger partial charge on any atom is -0.465 e. The number of hydrogen-bond acceptors (Lipinski definition) is 7. The molecule has 2 aromatic rings. The number of likely N-dealkylation sites (tertiary alicyclic amines) is 1.